The number of benzene rings is 2. The lowest BCUT2D eigenvalue weighted by molar-refractivity contribution is -0.124. The molecule has 1 saturated heterocycles. The molecule has 0 bridgehead atoms. The smallest absolute Gasteiger partial charge is 0.420 e. The molecule has 0 radical (unpaired) electrons. The van der Waals surface area contributed by atoms with E-state index in [-0.39, 0.29) is 11.9 Å². The van der Waals surface area contributed by atoms with Crippen LogP contribution in [-0.4, -0.2) is 42.1 Å². The van der Waals surface area contributed by atoms with Crippen LogP contribution in [0.2, 0.25) is 0 Å². The van der Waals surface area contributed by atoms with E-state index in [4.69, 9.17) is 9.15 Å². The van der Waals surface area contributed by atoms with Crippen molar-refractivity contribution in [2.45, 2.75) is 38.3 Å². The maximum Gasteiger partial charge on any atom is 0.420 e. The van der Waals surface area contributed by atoms with Crippen molar-refractivity contribution in [2.75, 3.05) is 26.7 Å². The Morgan fingerprint density at radius 2 is 1.81 bits per heavy atom. The van der Waals surface area contributed by atoms with Gasteiger partial charge < -0.3 is 14.5 Å². The fraction of sp³-hybridized carbons (Fsp3) is 0.417. The largest absolute Gasteiger partial charge is 0.496 e. The molecule has 4 rings (SSSR count). The highest BCUT2D eigenvalue weighted by Gasteiger charge is 2.27. The summed E-state index contributed by atoms with van der Waals surface area (Å²) in [6.07, 6.45) is 3.52. The molecule has 1 aliphatic heterocycles. The van der Waals surface area contributed by atoms with Crippen LogP contribution in [0.5, 0.6) is 5.75 Å². The second-order valence-electron chi connectivity index (χ2n) is 7.98. The van der Waals surface area contributed by atoms with Crippen molar-refractivity contribution in [2.24, 2.45) is 0 Å². The molecule has 0 aliphatic carbocycles. The van der Waals surface area contributed by atoms with Gasteiger partial charge in [0.25, 0.3) is 0 Å². The Kier molecular flexibility index (Phi) is 6.42. The first-order chi connectivity index (χ1) is 15.1. The van der Waals surface area contributed by atoms with Gasteiger partial charge in [0.1, 0.15) is 11.8 Å². The minimum absolute atomic E-state index is 0.00501. The van der Waals surface area contributed by atoms with Crippen LogP contribution in [0.15, 0.2) is 57.7 Å². The first-order valence-electron chi connectivity index (χ1n) is 10.8. The van der Waals surface area contributed by atoms with Crippen LogP contribution in [0.4, 0.5) is 0 Å². The molecule has 2 aromatic carbocycles. The van der Waals surface area contributed by atoms with Gasteiger partial charge >= 0.3 is 5.76 Å². The van der Waals surface area contributed by atoms with E-state index in [1.54, 1.807) is 32.2 Å². The average Bonchev–Trinajstić information content (AvgIpc) is 3.15. The summed E-state index contributed by atoms with van der Waals surface area (Å²) in [6.45, 7) is 4.13. The molecule has 7 heteroatoms. The van der Waals surface area contributed by atoms with Gasteiger partial charge in [0.05, 0.1) is 18.7 Å². The fourth-order valence-electron chi connectivity index (χ4n) is 4.42. The molecule has 1 aromatic heterocycles. The van der Waals surface area contributed by atoms with Crippen LogP contribution in [0.25, 0.3) is 11.1 Å². The molecule has 1 N–H and O–H groups in total. The van der Waals surface area contributed by atoms with Gasteiger partial charge in [0, 0.05) is 12.1 Å². The molecule has 31 heavy (non-hydrogen) atoms. The standard InChI is InChI=1S/C24H29N3O4/c1-17(27-19-11-5-7-13-22(19)31-24(27)29)23(28)25-16-20(26-14-8-3-9-15-26)18-10-4-6-12-21(18)30-2/h4-7,10-13,17,20H,3,8-9,14-16H2,1-2H3,(H,25,28). The molecular weight excluding hydrogens is 394 g/mol. The van der Waals surface area contributed by atoms with E-state index in [0.29, 0.717) is 17.6 Å². The Bertz CT molecular complexity index is 1100. The highest BCUT2D eigenvalue weighted by molar-refractivity contribution is 5.82. The van der Waals surface area contributed by atoms with Crippen molar-refractivity contribution in [1.82, 2.24) is 14.8 Å². The first kappa shape index (κ1) is 21.2. The summed E-state index contributed by atoms with van der Waals surface area (Å²) >= 11 is 0. The second-order valence-corrected chi connectivity index (χ2v) is 7.98. The van der Waals surface area contributed by atoms with Crippen LogP contribution in [0.3, 0.4) is 0 Å². The summed E-state index contributed by atoms with van der Waals surface area (Å²) in [5.74, 6) is 0.0733. The Morgan fingerprint density at radius 1 is 1.10 bits per heavy atom. The van der Waals surface area contributed by atoms with E-state index in [0.717, 1.165) is 37.2 Å². The van der Waals surface area contributed by atoms with Gasteiger partial charge in [-0.15, -0.1) is 0 Å². The fourth-order valence-corrected chi connectivity index (χ4v) is 4.42. The Labute approximate surface area is 181 Å². The van der Waals surface area contributed by atoms with Crippen LogP contribution in [0, 0.1) is 0 Å². The quantitative estimate of drug-likeness (QED) is 0.629. The van der Waals surface area contributed by atoms with Crippen molar-refractivity contribution in [3.63, 3.8) is 0 Å². The highest BCUT2D eigenvalue weighted by Crippen LogP contribution is 2.31. The molecule has 2 atom stereocenters. The zero-order chi connectivity index (χ0) is 21.8. The number of likely N-dealkylation sites (tertiary alicyclic amines) is 1. The van der Waals surface area contributed by atoms with E-state index in [1.807, 2.05) is 24.3 Å². The number of aromatic nitrogens is 1. The molecule has 2 unspecified atom stereocenters. The normalized spacial score (nSPS) is 16.7. The van der Waals surface area contributed by atoms with Crippen LogP contribution in [-0.2, 0) is 4.79 Å². The number of amides is 1. The molecule has 2 heterocycles. The van der Waals surface area contributed by atoms with Gasteiger partial charge in [-0.3, -0.25) is 14.3 Å². The number of hydrogen-bond acceptors (Lipinski definition) is 5. The van der Waals surface area contributed by atoms with Gasteiger partial charge in [-0.1, -0.05) is 36.8 Å². The van der Waals surface area contributed by atoms with Gasteiger partial charge in [-0.2, -0.15) is 0 Å². The third kappa shape index (κ3) is 4.37. The van der Waals surface area contributed by atoms with Gasteiger partial charge in [-0.05, 0) is 51.1 Å². The number of carbonyl (C=O) groups excluding carboxylic acids is 1. The summed E-state index contributed by atoms with van der Waals surface area (Å²) in [4.78, 5) is 27.8. The van der Waals surface area contributed by atoms with Gasteiger partial charge in [-0.25, -0.2) is 4.79 Å². The van der Waals surface area contributed by atoms with E-state index >= 15 is 0 Å². The molecule has 7 nitrogen and oxygen atoms in total. The molecular formula is C24H29N3O4. The number of hydrogen-bond donors (Lipinski definition) is 1. The Morgan fingerprint density at radius 3 is 2.58 bits per heavy atom. The Balaban J connectivity index is 1.55. The summed E-state index contributed by atoms with van der Waals surface area (Å²) in [5.41, 5.74) is 2.16. The number of piperidine rings is 1. The maximum absolute atomic E-state index is 13.0. The van der Waals surface area contributed by atoms with Gasteiger partial charge in [0.15, 0.2) is 5.58 Å². The first-order valence-corrected chi connectivity index (χ1v) is 10.8. The minimum Gasteiger partial charge on any atom is -0.496 e. The number of oxazole rings is 1. The number of ether oxygens (including phenoxy) is 1. The zero-order valence-electron chi connectivity index (χ0n) is 18.0. The van der Waals surface area contributed by atoms with Crippen LogP contribution >= 0.6 is 0 Å². The number of fused-ring (bicyclic) bond motifs is 1. The maximum atomic E-state index is 13.0. The lowest BCUT2D eigenvalue weighted by Crippen LogP contribution is -2.42. The highest BCUT2D eigenvalue weighted by atomic mass is 16.5. The molecule has 1 fully saturated rings. The van der Waals surface area contributed by atoms with Crippen molar-refractivity contribution < 1.29 is 13.9 Å². The molecule has 0 saturated carbocycles. The van der Waals surface area contributed by atoms with E-state index in [9.17, 15) is 9.59 Å². The summed E-state index contributed by atoms with van der Waals surface area (Å²) in [5, 5.41) is 3.07. The van der Waals surface area contributed by atoms with E-state index < -0.39 is 11.8 Å². The monoisotopic (exact) mass is 423 g/mol. The van der Waals surface area contributed by atoms with Crippen LogP contribution < -0.4 is 15.8 Å². The van der Waals surface area contributed by atoms with Crippen LogP contribution in [0.1, 0.15) is 43.8 Å². The topological polar surface area (TPSA) is 76.7 Å². The second kappa shape index (κ2) is 9.39. The Hall–Kier alpha value is -3.06. The molecule has 1 amide bonds. The SMILES string of the molecule is COc1ccccc1C(CNC(=O)C(C)n1c(=O)oc2ccccc21)N1CCCCC1. The number of para-hydroxylation sites is 3. The van der Waals surface area contributed by atoms with E-state index in [1.165, 1.54) is 11.0 Å². The van der Waals surface area contributed by atoms with Crippen molar-refractivity contribution >= 4 is 17.0 Å². The van der Waals surface area contributed by atoms with Crippen molar-refractivity contribution in [3.8, 4) is 5.75 Å². The average molecular weight is 424 g/mol. The number of carbonyl (C=O) groups is 1. The lowest BCUT2D eigenvalue weighted by Gasteiger charge is -2.35. The number of nitrogens with one attached hydrogen (secondary N) is 1. The van der Waals surface area contributed by atoms with Crippen molar-refractivity contribution in [1.29, 1.82) is 0 Å². The molecule has 0 spiro atoms. The predicted octanol–water partition coefficient (Wildman–Crippen LogP) is 3.51. The number of nitrogens with zero attached hydrogens (tertiary/aromatic N) is 2. The lowest BCUT2D eigenvalue weighted by atomic mass is 10.0. The third-order valence-corrected chi connectivity index (χ3v) is 6.08. The summed E-state index contributed by atoms with van der Waals surface area (Å²) in [6, 6.07) is 14.4. The number of rotatable bonds is 7. The summed E-state index contributed by atoms with van der Waals surface area (Å²) < 4.78 is 12.3. The third-order valence-electron chi connectivity index (χ3n) is 6.08. The molecule has 1 aliphatic rings. The van der Waals surface area contributed by atoms with Gasteiger partial charge in [0.2, 0.25) is 5.91 Å². The predicted molar refractivity (Wildman–Crippen MR) is 119 cm³/mol. The minimum atomic E-state index is -0.684. The number of methoxy groups -OCH3 is 1. The molecule has 3 aromatic rings. The molecule has 164 valence electrons. The zero-order valence-corrected chi connectivity index (χ0v) is 18.0. The van der Waals surface area contributed by atoms with E-state index in [2.05, 4.69) is 16.3 Å². The summed E-state index contributed by atoms with van der Waals surface area (Å²) in [7, 11) is 1.67. The van der Waals surface area contributed by atoms with Crippen molar-refractivity contribution in [3.05, 3.63) is 64.6 Å².